The average molecular weight is 281 g/mol. The molecule has 0 saturated carbocycles. The number of nitrogens with zero attached hydrogens (tertiary/aromatic N) is 2. The van der Waals surface area contributed by atoms with E-state index in [0.717, 1.165) is 0 Å². The van der Waals surface area contributed by atoms with Crippen LogP contribution in [0.1, 0.15) is 20.8 Å². The van der Waals surface area contributed by atoms with Gasteiger partial charge in [-0.15, -0.1) is 0 Å². The molecule has 0 fully saturated rings. The van der Waals surface area contributed by atoms with Crippen molar-refractivity contribution in [2.24, 2.45) is 11.1 Å². The largest absolute Gasteiger partial charge is 0.496 e. The molecule has 0 aliphatic heterocycles. The molecule has 1 rings (SSSR count). The molecule has 6 heteroatoms. The predicted molar refractivity (Wildman–Crippen MR) is 80.4 cm³/mol. The number of nitrogens with two attached hydrogens (primary N) is 1. The van der Waals surface area contributed by atoms with Crippen LogP contribution in [0.25, 0.3) is 0 Å². The minimum atomic E-state index is -0.379. The minimum Gasteiger partial charge on any atom is -0.496 e. The van der Waals surface area contributed by atoms with Crippen molar-refractivity contribution in [2.75, 3.05) is 31.6 Å². The highest BCUT2D eigenvalue weighted by Gasteiger charge is 2.25. The van der Waals surface area contributed by atoms with Crippen LogP contribution in [0.4, 0.5) is 11.4 Å². The van der Waals surface area contributed by atoms with E-state index in [9.17, 15) is 10.1 Å². The van der Waals surface area contributed by atoms with Gasteiger partial charge < -0.3 is 15.4 Å². The second kappa shape index (κ2) is 6.56. The predicted octanol–water partition coefficient (Wildman–Crippen LogP) is 2.41. The Hall–Kier alpha value is -1.82. The van der Waals surface area contributed by atoms with Gasteiger partial charge in [0.2, 0.25) is 0 Å². The van der Waals surface area contributed by atoms with E-state index < -0.39 is 0 Å². The maximum atomic E-state index is 11.2. The Balaban J connectivity index is 3.18. The molecular formula is C14H23N3O3. The molecule has 6 nitrogen and oxygen atoms in total. The highest BCUT2D eigenvalue weighted by atomic mass is 16.6. The summed E-state index contributed by atoms with van der Waals surface area (Å²) in [5, 5.41) is 11.2. The van der Waals surface area contributed by atoms with Crippen molar-refractivity contribution in [1.29, 1.82) is 0 Å². The fourth-order valence-corrected chi connectivity index (χ4v) is 1.99. The number of hydrogen-bond acceptors (Lipinski definition) is 5. The molecule has 0 aliphatic carbocycles. The monoisotopic (exact) mass is 281 g/mol. The van der Waals surface area contributed by atoms with Gasteiger partial charge in [-0.3, -0.25) is 10.1 Å². The zero-order valence-corrected chi connectivity index (χ0v) is 12.5. The molecular weight excluding hydrogens is 258 g/mol. The summed E-state index contributed by atoms with van der Waals surface area (Å²) >= 11 is 0. The van der Waals surface area contributed by atoms with Gasteiger partial charge in [-0.2, -0.15) is 0 Å². The first-order valence-corrected chi connectivity index (χ1v) is 6.62. The van der Waals surface area contributed by atoms with Crippen molar-refractivity contribution in [3.05, 3.63) is 28.3 Å². The third-order valence-corrected chi connectivity index (χ3v) is 3.27. The van der Waals surface area contributed by atoms with Crippen LogP contribution in [0.15, 0.2) is 18.2 Å². The summed E-state index contributed by atoms with van der Waals surface area (Å²) in [6, 6.07) is 4.92. The van der Waals surface area contributed by atoms with Crippen molar-refractivity contribution in [1.82, 2.24) is 0 Å². The van der Waals surface area contributed by atoms with Crippen LogP contribution in [0.2, 0.25) is 0 Å². The van der Waals surface area contributed by atoms with Crippen LogP contribution in [0, 0.1) is 15.5 Å². The summed E-state index contributed by atoms with van der Waals surface area (Å²) in [6.07, 6.45) is 0. The molecule has 0 bridgehead atoms. The molecule has 0 heterocycles. The van der Waals surface area contributed by atoms with Gasteiger partial charge in [0.25, 0.3) is 5.69 Å². The highest BCUT2D eigenvalue weighted by Crippen LogP contribution is 2.33. The zero-order valence-electron chi connectivity index (χ0n) is 12.5. The number of nitro groups is 1. The maximum absolute atomic E-state index is 11.2. The number of nitro benzene ring substituents is 1. The number of rotatable bonds is 7. The van der Waals surface area contributed by atoms with E-state index in [1.165, 1.54) is 13.2 Å². The van der Waals surface area contributed by atoms with E-state index in [1.54, 1.807) is 12.1 Å². The summed E-state index contributed by atoms with van der Waals surface area (Å²) in [5.41, 5.74) is 6.29. The van der Waals surface area contributed by atoms with Crippen LogP contribution < -0.4 is 15.4 Å². The van der Waals surface area contributed by atoms with Gasteiger partial charge in [-0.05, 0) is 31.0 Å². The van der Waals surface area contributed by atoms with E-state index >= 15 is 0 Å². The smallest absolute Gasteiger partial charge is 0.296 e. The van der Waals surface area contributed by atoms with E-state index in [1.807, 2.05) is 25.7 Å². The van der Waals surface area contributed by atoms with Crippen molar-refractivity contribution in [3.8, 4) is 5.75 Å². The number of benzene rings is 1. The molecule has 0 amide bonds. The normalized spacial score (nSPS) is 11.2. The summed E-state index contributed by atoms with van der Waals surface area (Å²) in [6.45, 7) is 7.92. The lowest BCUT2D eigenvalue weighted by atomic mass is 9.93. The molecule has 0 atom stereocenters. The fraction of sp³-hybridized carbons (Fsp3) is 0.571. The number of hydrogen-bond donors (Lipinski definition) is 1. The van der Waals surface area contributed by atoms with Gasteiger partial charge in [-0.25, -0.2) is 0 Å². The van der Waals surface area contributed by atoms with Crippen molar-refractivity contribution < 1.29 is 9.66 Å². The first kappa shape index (κ1) is 16.2. The molecule has 0 unspecified atom stereocenters. The lowest BCUT2D eigenvalue weighted by Gasteiger charge is -2.32. The maximum Gasteiger partial charge on any atom is 0.296 e. The van der Waals surface area contributed by atoms with Crippen LogP contribution in [-0.2, 0) is 0 Å². The minimum absolute atomic E-state index is 0.0546. The van der Waals surface area contributed by atoms with E-state index in [4.69, 9.17) is 10.5 Å². The molecule has 0 radical (unpaired) electrons. The van der Waals surface area contributed by atoms with Crippen molar-refractivity contribution in [2.45, 2.75) is 20.8 Å². The fourth-order valence-electron chi connectivity index (χ4n) is 1.99. The number of ether oxygens (including phenoxy) is 1. The molecule has 0 saturated heterocycles. The lowest BCUT2D eigenvalue weighted by molar-refractivity contribution is -0.384. The Bertz CT molecular complexity index is 475. The number of methoxy groups -OCH3 is 1. The van der Waals surface area contributed by atoms with Crippen LogP contribution in [0.3, 0.4) is 0 Å². The van der Waals surface area contributed by atoms with Gasteiger partial charge >= 0.3 is 0 Å². The zero-order chi connectivity index (χ0) is 15.3. The molecule has 0 aliphatic rings. The molecule has 1 aromatic carbocycles. The van der Waals surface area contributed by atoms with Gasteiger partial charge in [0.05, 0.1) is 18.1 Å². The lowest BCUT2D eigenvalue weighted by Crippen LogP contribution is -2.39. The molecule has 1 aromatic rings. The number of anilines is 1. The Morgan fingerprint density at radius 2 is 2.10 bits per heavy atom. The Morgan fingerprint density at radius 3 is 2.55 bits per heavy atom. The third kappa shape index (κ3) is 3.84. The molecule has 2 N–H and O–H groups in total. The van der Waals surface area contributed by atoms with Crippen molar-refractivity contribution >= 4 is 11.4 Å². The highest BCUT2D eigenvalue weighted by molar-refractivity contribution is 5.65. The first-order valence-electron chi connectivity index (χ1n) is 6.62. The van der Waals surface area contributed by atoms with E-state index in [2.05, 4.69) is 0 Å². The Morgan fingerprint density at radius 1 is 1.45 bits per heavy atom. The molecule has 0 aromatic heterocycles. The van der Waals surface area contributed by atoms with Crippen LogP contribution in [-0.4, -0.2) is 31.7 Å². The topological polar surface area (TPSA) is 81.6 Å². The summed E-state index contributed by atoms with van der Waals surface area (Å²) < 4.78 is 5.05. The molecule has 0 spiro atoms. The molecule has 20 heavy (non-hydrogen) atoms. The third-order valence-electron chi connectivity index (χ3n) is 3.27. The van der Waals surface area contributed by atoms with Gasteiger partial charge in [0, 0.05) is 13.1 Å². The molecule has 112 valence electrons. The van der Waals surface area contributed by atoms with Crippen LogP contribution in [0.5, 0.6) is 5.75 Å². The van der Waals surface area contributed by atoms with Gasteiger partial charge in [0.1, 0.15) is 11.4 Å². The van der Waals surface area contributed by atoms with Gasteiger partial charge in [0.15, 0.2) is 0 Å². The van der Waals surface area contributed by atoms with Crippen molar-refractivity contribution in [3.63, 3.8) is 0 Å². The second-order valence-corrected chi connectivity index (χ2v) is 5.49. The summed E-state index contributed by atoms with van der Waals surface area (Å²) in [4.78, 5) is 12.8. The standard InChI is InChI=1S/C14H23N3O3/c1-5-16(10-14(2,3)9-15)12-7-6-11(20-4)8-13(12)17(18)19/h6-8H,5,9-10,15H2,1-4H3. The average Bonchev–Trinajstić information content (AvgIpc) is 2.44. The summed E-state index contributed by atoms with van der Waals surface area (Å²) in [5.74, 6) is 0.481. The summed E-state index contributed by atoms with van der Waals surface area (Å²) in [7, 11) is 1.49. The quantitative estimate of drug-likeness (QED) is 0.613. The Kier molecular flexibility index (Phi) is 5.33. The van der Waals surface area contributed by atoms with Crippen LogP contribution >= 0.6 is 0 Å². The SMILES string of the molecule is CCN(CC(C)(C)CN)c1ccc(OC)cc1[N+](=O)[O-]. The Labute approximate surface area is 119 Å². The first-order chi connectivity index (χ1) is 9.34. The van der Waals surface area contributed by atoms with Gasteiger partial charge in [-0.1, -0.05) is 13.8 Å². The van der Waals surface area contributed by atoms with E-state index in [0.29, 0.717) is 31.1 Å². The van der Waals surface area contributed by atoms with E-state index in [-0.39, 0.29) is 16.0 Å². The second-order valence-electron chi connectivity index (χ2n) is 5.49.